The minimum Gasteiger partial charge on any atom is -0.350 e. The van der Waals surface area contributed by atoms with E-state index < -0.39 is 0 Å². The van der Waals surface area contributed by atoms with Gasteiger partial charge in [0, 0.05) is 12.6 Å². The molecule has 14 heavy (non-hydrogen) atoms. The normalized spacial score (nSPS) is 21.1. The highest BCUT2D eigenvalue weighted by atomic mass is 35.5. The van der Waals surface area contributed by atoms with Gasteiger partial charge in [0.25, 0.3) is 0 Å². The molecule has 0 saturated carbocycles. The van der Waals surface area contributed by atoms with Crippen molar-refractivity contribution in [2.75, 3.05) is 18.4 Å². The average Bonchev–Trinajstić information content (AvgIpc) is 2.54. The first-order valence-electron chi connectivity index (χ1n) is 4.28. The first-order valence-corrected chi connectivity index (χ1v) is 5.04. The standard InChI is InChI=1S/C7H9Cl2N5/c8-5-12-6(9)14-7(13-5)11-4-1-2-10-3-4/h4,10H,1-3H2,(H,11,12,13,14). The topological polar surface area (TPSA) is 62.7 Å². The molecule has 2 N–H and O–H groups in total. The van der Waals surface area contributed by atoms with Crippen molar-refractivity contribution in [3.8, 4) is 0 Å². The summed E-state index contributed by atoms with van der Waals surface area (Å²) >= 11 is 11.3. The zero-order valence-corrected chi connectivity index (χ0v) is 8.81. The fourth-order valence-corrected chi connectivity index (χ4v) is 1.71. The summed E-state index contributed by atoms with van der Waals surface area (Å²) < 4.78 is 0. The molecule has 1 aliphatic heterocycles. The predicted octanol–water partition coefficient (Wildman–Crippen LogP) is 0.952. The molecule has 2 heterocycles. The summed E-state index contributed by atoms with van der Waals surface area (Å²) in [7, 11) is 0. The number of rotatable bonds is 2. The maximum Gasteiger partial charge on any atom is 0.228 e. The summed E-state index contributed by atoms with van der Waals surface area (Å²) in [5, 5.41) is 6.57. The zero-order valence-electron chi connectivity index (χ0n) is 7.30. The van der Waals surface area contributed by atoms with Crippen LogP contribution in [0.5, 0.6) is 0 Å². The van der Waals surface area contributed by atoms with Gasteiger partial charge < -0.3 is 10.6 Å². The third-order valence-electron chi connectivity index (χ3n) is 1.97. The summed E-state index contributed by atoms with van der Waals surface area (Å²) in [6.45, 7) is 1.91. The second-order valence-corrected chi connectivity index (χ2v) is 3.71. The lowest BCUT2D eigenvalue weighted by atomic mass is 10.3. The average molecular weight is 234 g/mol. The predicted molar refractivity (Wildman–Crippen MR) is 54.7 cm³/mol. The van der Waals surface area contributed by atoms with E-state index in [0.717, 1.165) is 19.5 Å². The highest BCUT2D eigenvalue weighted by Gasteiger charge is 2.15. The highest BCUT2D eigenvalue weighted by Crippen LogP contribution is 2.12. The van der Waals surface area contributed by atoms with Crippen LogP contribution in [0.2, 0.25) is 10.6 Å². The first kappa shape index (κ1) is 9.89. The van der Waals surface area contributed by atoms with Crippen LogP contribution in [-0.2, 0) is 0 Å². The Labute approximate surface area is 91.3 Å². The van der Waals surface area contributed by atoms with Crippen molar-refractivity contribution < 1.29 is 0 Å². The van der Waals surface area contributed by atoms with E-state index in [1.807, 2.05) is 0 Å². The van der Waals surface area contributed by atoms with Crippen molar-refractivity contribution in [2.24, 2.45) is 0 Å². The van der Waals surface area contributed by atoms with Gasteiger partial charge in [-0.25, -0.2) is 0 Å². The second kappa shape index (κ2) is 4.25. The fourth-order valence-electron chi connectivity index (χ4n) is 1.35. The molecule has 76 valence electrons. The van der Waals surface area contributed by atoms with Crippen LogP contribution in [0, 0.1) is 0 Å². The van der Waals surface area contributed by atoms with Crippen LogP contribution >= 0.6 is 23.2 Å². The van der Waals surface area contributed by atoms with E-state index in [9.17, 15) is 0 Å². The van der Waals surface area contributed by atoms with Gasteiger partial charge in [0.05, 0.1) is 0 Å². The van der Waals surface area contributed by atoms with Crippen molar-refractivity contribution in [1.82, 2.24) is 20.3 Å². The molecular formula is C7H9Cl2N5. The number of hydrogen-bond donors (Lipinski definition) is 2. The third kappa shape index (κ3) is 2.43. The molecule has 1 unspecified atom stereocenters. The van der Waals surface area contributed by atoms with E-state index in [2.05, 4.69) is 25.6 Å². The molecule has 5 nitrogen and oxygen atoms in total. The molecule has 0 spiro atoms. The lowest BCUT2D eigenvalue weighted by molar-refractivity contribution is 0.778. The molecule has 1 aromatic rings. The minimum atomic E-state index is 0.110. The summed E-state index contributed by atoms with van der Waals surface area (Å²) in [5.74, 6) is 0.434. The lowest BCUT2D eigenvalue weighted by Crippen LogP contribution is -2.23. The highest BCUT2D eigenvalue weighted by molar-refractivity contribution is 6.31. The molecule has 1 saturated heterocycles. The minimum absolute atomic E-state index is 0.110. The van der Waals surface area contributed by atoms with Gasteiger partial charge in [-0.3, -0.25) is 0 Å². The molecule has 0 amide bonds. The first-order chi connectivity index (χ1) is 6.74. The van der Waals surface area contributed by atoms with Crippen LogP contribution in [-0.4, -0.2) is 34.1 Å². The Morgan fingerprint density at radius 1 is 1.21 bits per heavy atom. The Hall–Kier alpha value is -0.650. The third-order valence-corrected chi connectivity index (χ3v) is 2.31. The summed E-state index contributed by atoms with van der Waals surface area (Å²) in [6.07, 6.45) is 1.04. The van der Waals surface area contributed by atoms with Gasteiger partial charge >= 0.3 is 0 Å². The van der Waals surface area contributed by atoms with Crippen LogP contribution in [0.15, 0.2) is 0 Å². The maximum atomic E-state index is 5.63. The number of hydrogen-bond acceptors (Lipinski definition) is 5. The second-order valence-electron chi connectivity index (χ2n) is 3.03. The molecule has 0 radical (unpaired) electrons. The molecule has 0 aromatic carbocycles. The molecule has 1 aliphatic rings. The van der Waals surface area contributed by atoms with Gasteiger partial charge in [0.15, 0.2) is 0 Å². The van der Waals surface area contributed by atoms with Gasteiger partial charge in [-0.15, -0.1) is 0 Å². The molecule has 1 aromatic heterocycles. The van der Waals surface area contributed by atoms with Crippen molar-refractivity contribution in [3.05, 3.63) is 10.6 Å². The fraction of sp³-hybridized carbons (Fsp3) is 0.571. The van der Waals surface area contributed by atoms with E-state index in [4.69, 9.17) is 23.2 Å². The Balaban J connectivity index is 2.07. The van der Waals surface area contributed by atoms with Crippen molar-refractivity contribution in [2.45, 2.75) is 12.5 Å². The maximum absolute atomic E-state index is 5.63. The molecular weight excluding hydrogens is 225 g/mol. The smallest absolute Gasteiger partial charge is 0.228 e. The lowest BCUT2D eigenvalue weighted by Gasteiger charge is -2.10. The van der Waals surface area contributed by atoms with Gasteiger partial charge in [-0.05, 0) is 36.2 Å². The molecule has 7 heteroatoms. The largest absolute Gasteiger partial charge is 0.350 e. The SMILES string of the molecule is Clc1nc(Cl)nc(NC2CCNC2)n1. The summed E-state index contributed by atoms with van der Waals surface area (Å²) in [4.78, 5) is 11.5. The van der Waals surface area contributed by atoms with E-state index in [1.165, 1.54) is 0 Å². The van der Waals surface area contributed by atoms with Gasteiger partial charge in [0.1, 0.15) is 0 Å². The number of aromatic nitrogens is 3. The molecule has 1 fully saturated rings. The van der Waals surface area contributed by atoms with Gasteiger partial charge in [-0.1, -0.05) is 0 Å². The van der Waals surface area contributed by atoms with Crippen LogP contribution in [0.25, 0.3) is 0 Å². The number of nitrogens with zero attached hydrogens (tertiary/aromatic N) is 3. The number of halogens is 2. The monoisotopic (exact) mass is 233 g/mol. The Kier molecular flexibility index (Phi) is 3.00. The Morgan fingerprint density at radius 2 is 1.93 bits per heavy atom. The Morgan fingerprint density at radius 3 is 2.50 bits per heavy atom. The van der Waals surface area contributed by atoms with Crippen LogP contribution in [0.3, 0.4) is 0 Å². The van der Waals surface area contributed by atoms with E-state index >= 15 is 0 Å². The van der Waals surface area contributed by atoms with Crippen LogP contribution in [0.1, 0.15) is 6.42 Å². The molecule has 2 rings (SSSR count). The van der Waals surface area contributed by atoms with Crippen molar-refractivity contribution in [3.63, 3.8) is 0 Å². The number of anilines is 1. The summed E-state index contributed by atoms with van der Waals surface area (Å²) in [5.41, 5.74) is 0. The molecule has 0 aliphatic carbocycles. The molecule has 0 bridgehead atoms. The van der Waals surface area contributed by atoms with E-state index in [1.54, 1.807) is 0 Å². The van der Waals surface area contributed by atoms with E-state index in [0.29, 0.717) is 12.0 Å². The quantitative estimate of drug-likeness (QED) is 0.797. The van der Waals surface area contributed by atoms with Gasteiger partial charge in [-0.2, -0.15) is 15.0 Å². The molecule has 1 atom stereocenters. The zero-order chi connectivity index (χ0) is 9.97. The van der Waals surface area contributed by atoms with Crippen LogP contribution in [0.4, 0.5) is 5.95 Å². The van der Waals surface area contributed by atoms with Gasteiger partial charge in [0.2, 0.25) is 16.5 Å². The Bertz CT molecular complexity index is 306. The van der Waals surface area contributed by atoms with Crippen molar-refractivity contribution >= 4 is 29.2 Å². The van der Waals surface area contributed by atoms with Crippen LogP contribution < -0.4 is 10.6 Å². The van der Waals surface area contributed by atoms with Crippen molar-refractivity contribution in [1.29, 1.82) is 0 Å². The van der Waals surface area contributed by atoms with E-state index in [-0.39, 0.29) is 10.6 Å². The number of nitrogens with one attached hydrogen (secondary N) is 2. The summed E-state index contributed by atoms with van der Waals surface area (Å²) in [6, 6.07) is 0.338.